The van der Waals surface area contributed by atoms with Gasteiger partial charge in [0.1, 0.15) is 5.82 Å². The first kappa shape index (κ1) is 18.7. The van der Waals surface area contributed by atoms with Gasteiger partial charge in [-0.2, -0.15) is 11.8 Å². The molecule has 1 N–H and O–H groups in total. The van der Waals surface area contributed by atoms with Crippen LogP contribution in [-0.4, -0.2) is 38.3 Å². The summed E-state index contributed by atoms with van der Waals surface area (Å²) in [5.74, 6) is 1.53. The normalized spacial score (nSPS) is 12.2. The number of rotatable bonds is 8. The van der Waals surface area contributed by atoms with Gasteiger partial charge in [-0.05, 0) is 54.8 Å². The van der Waals surface area contributed by atoms with E-state index in [2.05, 4.69) is 15.5 Å². The lowest BCUT2D eigenvalue weighted by Crippen LogP contribution is -2.31. The van der Waals surface area contributed by atoms with E-state index in [4.69, 9.17) is 0 Å². The van der Waals surface area contributed by atoms with Crippen molar-refractivity contribution in [3.8, 4) is 0 Å². The molecule has 8 heteroatoms. The fraction of sp³-hybridized carbons (Fsp3) is 0.278. The molecule has 0 saturated heterocycles. The summed E-state index contributed by atoms with van der Waals surface area (Å²) < 4.78 is 14.9. The molecular weight excluding hydrogens is 371 g/mol. The monoisotopic (exact) mass is 390 g/mol. The topological polar surface area (TPSA) is 59.3 Å². The summed E-state index contributed by atoms with van der Waals surface area (Å²) >= 11 is 3.10. The molecule has 0 saturated carbocycles. The molecule has 2 aromatic heterocycles. The first-order valence-electron chi connectivity index (χ1n) is 8.13. The van der Waals surface area contributed by atoms with E-state index in [0.717, 1.165) is 28.5 Å². The number of pyridine rings is 1. The standard InChI is InChI=1S/C18H19FN4OS2/c1-25-11-9-15(18-22-21-16-4-2-3-10-23(16)18)20-17(24)12-26-14-7-5-13(19)6-8-14/h2-8,10,15H,9,11-12H2,1H3,(H,20,24). The Morgan fingerprint density at radius 3 is 2.81 bits per heavy atom. The van der Waals surface area contributed by atoms with E-state index >= 15 is 0 Å². The molecule has 5 nitrogen and oxygen atoms in total. The minimum atomic E-state index is -0.283. The number of carbonyl (C=O) groups excluding carboxylic acids is 1. The fourth-order valence-corrected chi connectivity index (χ4v) is 3.70. The minimum absolute atomic E-state index is 0.0851. The van der Waals surface area contributed by atoms with Gasteiger partial charge in [0.25, 0.3) is 0 Å². The number of nitrogens with zero attached hydrogens (tertiary/aromatic N) is 3. The Morgan fingerprint density at radius 2 is 2.04 bits per heavy atom. The summed E-state index contributed by atoms with van der Waals surface area (Å²) in [6.45, 7) is 0. The second kappa shape index (κ2) is 9.05. The van der Waals surface area contributed by atoms with E-state index in [1.54, 1.807) is 23.9 Å². The molecule has 2 heterocycles. The number of halogens is 1. The highest BCUT2D eigenvalue weighted by Crippen LogP contribution is 2.21. The highest BCUT2D eigenvalue weighted by Gasteiger charge is 2.20. The number of aromatic nitrogens is 3. The third-order valence-electron chi connectivity index (χ3n) is 3.78. The number of thioether (sulfide) groups is 2. The smallest absolute Gasteiger partial charge is 0.230 e. The number of amides is 1. The second-order valence-electron chi connectivity index (χ2n) is 5.63. The Balaban J connectivity index is 1.67. The van der Waals surface area contributed by atoms with E-state index in [-0.39, 0.29) is 23.5 Å². The maximum atomic E-state index is 13.0. The van der Waals surface area contributed by atoms with Crippen LogP contribution in [0.4, 0.5) is 4.39 Å². The van der Waals surface area contributed by atoms with Crippen LogP contribution in [0.15, 0.2) is 53.6 Å². The van der Waals surface area contributed by atoms with Crippen LogP contribution in [0.1, 0.15) is 18.3 Å². The molecule has 0 bridgehead atoms. The van der Waals surface area contributed by atoms with Gasteiger partial charge in [-0.25, -0.2) is 4.39 Å². The lowest BCUT2D eigenvalue weighted by molar-refractivity contribution is -0.119. The van der Waals surface area contributed by atoms with Crippen molar-refractivity contribution in [3.05, 3.63) is 60.3 Å². The predicted molar refractivity (Wildman–Crippen MR) is 104 cm³/mol. The van der Waals surface area contributed by atoms with Crippen molar-refractivity contribution in [1.29, 1.82) is 0 Å². The number of benzene rings is 1. The third kappa shape index (κ3) is 4.76. The van der Waals surface area contributed by atoms with Crippen LogP contribution in [0.5, 0.6) is 0 Å². The summed E-state index contributed by atoms with van der Waals surface area (Å²) in [4.78, 5) is 13.3. The average Bonchev–Trinajstić information content (AvgIpc) is 3.09. The van der Waals surface area contributed by atoms with Crippen molar-refractivity contribution in [2.45, 2.75) is 17.4 Å². The van der Waals surface area contributed by atoms with Crippen LogP contribution < -0.4 is 5.32 Å². The zero-order chi connectivity index (χ0) is 18.4. The van der Waals surface area contributed by atoms with Crippen molar-refractivity contribution in [2.75, 3.05) is 17.8 Å². The fourth-order valence-electron chi connectivity index (χ4n) is 2.51. The number of carbonyl (C=O) groups is 1. The minimum Gasteiger partial charge on any atom is -0.345 e. The quantitative estimate of drug-likeness (QED) is 0.596. The molecule has 1 amide bonds. The lowest BCUT2D eigenvalue weighted by Gasteiger charge is -2.17. The Morgan fingerprint density at radius 1 is 1.23 bits per heavy atom. The largest absolute Gasteiger partial charge is 0.345 e. The number of hydrogen-bond donors (Lipinski definition) is 1. The van der Waals surface area contributed by atoms with E-state index in [9.17, 15) is 9.18 Å². The molecule has 136 valence electrons. The van der Waals surface area contributed by atoms with Gasteiger partial charge in [0.05, 0.1) is 11.8 Å². The average molecular weight is 391 g/mol. The number of fused-ring (bicyclic) bond motifs is 1. The summed E-state index contributed by atoms with van der Waals surface area (Å²) in [6.07, 6.45) is 4.70. The van der Waals surface area contributed by atoms with Gasteiger partial charge in [0.15, 0.2) is 11.5 Å². The summed E-state index contributed by atoms with van der Waals surface area (Å²) in [6, 6.07) is 11.6. The summed E-state index contributed by atoms with van der Waals surface area (Å²) in [5.41, 5.74) is 0.756. The van der Waals surface area contributed by atoms with E-state index in [1.165, 1.54) is 23.9 Å². The van der Waals surface area contributed by atoms with Gasteiger partial charge < -0.3 is 5.32 Å². The van der Waals surface area contributed by atoms with Crippen molar-refractivity contribution < 1.29 is 9.18 Å². The molecule has 0 radical (unpaired) electrons. The third-order valence-corrected chi connectivity index (χ3v) is 5.44. The Hall–Kier alpha value is -2.06. The molecule has 1 atom stereocenters. The van der Waals surface area contributed by atoms with Crippen LogP contribution in [0.2, 0.25) is 0 Å². The van der Waals surface area contributed by atoms with Gasteiger partial charge in [-0.1, -0.05) is 6.07 Å². The molecule has 1 unspecified atom stereocenters. The molecule has 3 aromatic rings. The SMILES string of the molecule is CSCCC(NC(=O)CSc1ccc(F)cc1)c1nnc2ccccn12. The van der Waals surface area contributed by atoms with E-state index in [1.807, 2.05) is 35.1 Å². The molecule has 1 aromatic carbocycles. The Labute approximate surface area is 159 Å². The zero-order valence-corrected chi connectivity index (χ0v) is 15.9. The molecule has 26 heavy (non-hydrogen) atoms. The van der Waals surface area contributed by atoms with Gasteiger partial charge >= 0.3 is 0 Å². The summed E-state index contributed by atoms with van der Waals surface area (Å²) in [5, 5.41) is 11.5. The van der Waals surface area contributed by atoms with E-state index in [0.29, 0.717) is 0 Å². The molecule has 3 rings (SSSR count). The van der Waals surface area contributed by atoms with Crippen molar-refractivity contribution in [3.63, 3.8) is 0 Å². The van der Waals surface area contributed by atoms with E-state index < -0.39 is 0 Å². The first-order chi connectivity index (χ1) is 12.7. The van der Waals surface area contributed by atoms with Crippen LogP contribution >= 0.6 is 23.5 Å². The molecule has 0 aliphatic carbocycles. The maximum absolute atomic E-state index is 13.0. The Kier molecular flexibility index (Phi) is 6.51. The first-order valence-corrected chi connectivity index (χ1v) is 10.5. The van der Waals surface area contributed by atoms with Gasteiger partial charge in [0, 0.05) is 11.1 Å². The van der Waals surface area contributed by atoms with Crippen molar-refractivity contribution >= 4 is 35.1 Å². The predicted octanol–water partition coefficient (Wildman–Crippen LogP) is 3.57. The van der Waals surface area contributed by atoms with Crippen molar-refractivity contribution in [1.82, 2.24) is 19.9 Å². The van der Waals surface area contributed by atoms with Crippen LogP contribution in [-0.2, 0) is 4.79 Å². The van der Waals surface area contributed by atoms with Gasteiger partial charge in [-0.3, -0.25) is 9.20 Å². The highest BCUT2D eigenvalue weighted by atomic mass is 32.2. The molecular formula is C18H19FN4OS2. The summed E-state index contributed by atoms with van der Waals surface area (Å²) in [7, 11) is 0. The van der Waals surface area contributed by atoms with Gasteiger partial charge in [0.2, 0.25) is 5.91 Å². The lowest BCUT2D eigenvalue weighted by atomic mass is 10.2. The number of hydrogen-bond acceptors (Lipinski definition) is 5. The molecule has 0 aliphatic heterocycles. The molecule has 0 aliphatic rings. The molecule has 0 spiro atoms. The second-order valence-corrected chi connectivity index (χ2v) is 7.67. The van der Waals surface area contributed by atoms with Crippen LogP contribution in [0.3, 0.4) is 0 Å². The Bertz CT molecular complexity index is 869. The maximum Gasteiger partial charge on any atom is 0.230 e. The van der Waals surface area contributed by atoms with Crippen LogP contribution in [0.25, 0.3) is 5.65 Å². The zero-order valence-electron chi connectivity index (χ0n) is 14.3. The van der Waals surface area contributed by atoms with Crippen molar-refractivity contribution in [2.24, 2.45) is 0 Å². The van der Waals surface area contributed by atoms with Crippen LogP contribution in [0, 0.1) is 5.82 Å². The van der Waals surface area contributed by atoms with Gasteiger partial charge in [-0.15, -0.1) is 22.0 Å². The number of nitrogens with one attached hydrogen (secondary N) is 1. The highest BCUT2D eigenvalue weighted by molar-refractivity contribution is 8.00. The molecule has 0 fully saturated rings.